The van der Waals surface area contributed by atoms with E-state index in [4.69, 9.17) is 0 Å². The molecule has 0 radical (unpaired) electrons. The first-order valence-electron chi connectivity index (χ1n) is 7.90. The number of rotatable bonds is 4. The van der Waals surface area contributed by atoms with Gasteiger partial charge in [0.25, 0.3) is 0 Å². The van der Waals surface area contributed by atoms with Crippen LogP contribution in [-0.2, 0) is 10.8 Å². The average Bonchev–Trinajstić information content (AvgIpc) is 2.61. The molecule has 1 aromatic rings. The lowest BCUT2D eigenvalue weighted by Crippen LogP contribution is -2.45. The van der Waals surface area contributed by atoms with Crippen molar-refractivity contribution in [2.45, 2.75) is 0 Å². The van der Waals surface area contributed by atoms with E-state index in [2.05, 4.69) is 20.6 Å². The smallest absolute Gasteiger partial charge is 0.353 e. The van der Waals surface area contributed by atoms with Crippen LogP contribution in [0.5, 0.6) is 0 Å². The van der Waals surface area contributed by atoms with Gasteiger partial charge in [0.1, 0.15) is 0 Å². The summed E-state index contributed by atoms with van der Waals surface area (Å²) in [4.78, 5) is 23.8. The molecule has 2 aliphatic rings. The zero-order chi connectivity index (χ0) is 17.1. The first-order chi connectivity index (χ1) is 11.6. The molecular formula is C13H21N7O3S. The maximum atomic E-state index is 11.6. The minimum absolute atomic E-state index is 0.121. The Morgan fingerprint density at radius 2 is 1.83 bits per heavy atom. The molecule has 0 saturated carbocycles. The molecule has 24 heavy (non-hydrogen) atoms. The van der Waals surface area contributed by atoms with Gasteiger partial charge in [-0.25, -0.2) is 0 Å². The largest absolute Gasteiger partial charge is 0.367 e. The van der Waals surface area contributed by atoms with E-state index in [1.54, 1.807) is 7.05 Å². The van der Waals surface area contributed by atoms with E-state index in [0.29, 0.717) is 36.4 Å². The minimum Gasteiger partial charge on any atom is -0.367 e. The second kappa shape index (κ2) is 7.26. The van der Waals surface area contributed by atoms with Gasteiger partial charge in [-0.3, -0.25) is 14.3 Å². The Labute approximate surface area is 142 Å². The van der Waals surface area contributed by atoms with Crippen LogP contribution in [0, 0.1) is 10.1 Å². The number of nitrogens with zero attached hydrogens (tertiary/aromatic N) is 5. The third-order valence-electron chi connectivity index (χ3n) is 4.15. The molecule has 0 aliphatic carbocycles. The van der Waals surface area contributed by atoms with E-state index in [-0.39, 0.29) is 11.5 Å². The number of hydrogen-bond acceptors (Lipinski definition) is 9. The molecule has 2 saturated heterocycles. The van der Waals surface area contributed by atoms with E-state index in [1.165, 1.54) is 0 Å². The summed E-state index contributed by atoms with van der Waals surface area (Å²) in [7, 11) is 0.759. The van der Waals surface area contributed by atoms with Gasteiger partial charge in [0.15, 0.2) is 0 Å². The highest BCUT2D eigenvalue weighted by atomic mass is 32.2. The number of piperazine rings is 1. The van der Waals surface area contributed by atoms with Crippen molar-refractivity contribution in [2.24, 2.45) is 0 Å². The van der Waals surface area contributed by atoms with Gasteiger partial charge in [-0.2, -0.15) is 9.97 Å². The Balaban J connectivity index is 2.02. The Kier molecular flexibility index (Phi) is 5.09. The van der Waals surface area contributed by atoms with Crippen LogP contribution in [0.25, 0.3) is 0 Å². The fourth-order valence-electron chi connectivity index (χ4n) is 2.85. The highest BCUT2D eigenvalue weighted by Crippen LogP contribution is 2.35. The van der Waals surface area contributed by atoms with Crippen molar-refractivity contribution in [2.75, 3.05) is 72.9 Å². The van der Waals surface area contributed by atoms with Crippen molar-refractivity contribution < 1.29 is 9.13 Å². The first kappa shape index (κ1) is 16.8. The summed E-state index contributed by atoms with van der Waals surface area (Å²) in [6, 6.07) is 0. The van der Waals surface area contributed by atoms with Crippen LogP contribution >= 0.6 is 0 Å². The summed E-state index contributed by atoms with van der Waals surface area (Å²) < 4.78 is 11.6. The van der Waals surface area contributed by atoms with Crippen LogP contribution in [0.4, 0.5) is 23.3 Å². The summed E-state index contributed by atoms with van der Waals surface area (Å²) in [5.74, 6) is 2.01. The highest BCUT2D eigenvalue weighted by molar-refractivity contribution is 7.85. The van der Waals surface area contributed by atoms with Crippen molar-refractivity contribution in [1.82, 2.24) is 15.3 Å². The summed E-state index contributed by atoms with van der Waals surface area (Å²) in [6.07, 6.45) is 0. The molecule has 3 rings (SSSR count). The predicted octanol–water partition coefficient (Wildman–Crippen LogP) is -0.595. The summed E-state index contributed by atoms with van der Waals surface area (Å²) >= 11 is 0. The van der Waals surface area contributed by atoms with Gasteiger partial charge in [-0.05, 0) is 0 Å². The molecular weight excluding hydrogens is 334 g/mol. The van der Waals surface area contributed by atoms with Crippen molar-refractivity contribution in [3.8, 4) is 0 Å². The quantitative estimate of drug-likeness (QED) is 0.539. The molecule has 0 amide bonds. The molecule has 1 aromatic heterocycles. The number of nitro groups is 1. The molecule has 132 valence electrons. The maximum absolute atomic E-state index is 11.6. The molecule has 10 nitrogen and oxygen atoms in total. The molecule has 0 bridgehead atoms. The Morgan fingerprint density at radius 1 is 1.17 bits per heavy atom. The molecule has 0 unspecified atom stereocenters. The third-order valence-corrected chi connectivity index (χ3v) is 5.43. The van der Waals surface area contributed by atoms with Crippen LogP contribution in [0.2, 0.25) is 0 Å². The lowest BCUT2D eigenvalue weighted by molar-refractivity contribution is -0.383. The van der Waals surface area contributed by atoms with Gasteiger partial charge >= 0.3 is 5.69 Å². The van der Waals surface area contributed by atoms with Gasteiger partial charge in [0.05, 0.1) is 4.92 Å². The molecule has 2 fully saturated rings. The molecule has 11 heteroatoms. The maximum Gasteiger partial charge on any atom is 0.353 e. The van der Waals surface area contributed by atoms with Crippen LogP contribution in [-0.4, -0.2) is 76.9 Å². The second-order valence-corrected chi connectivity index (χ2v) is 7.32. The molecule has 0 aromatic carbocycles. The second-order valence-electron chi connectivity index (χ2n) is 5.62. The number of aromatic nitrogens is 2. The van der Waals surface area contributed by atoms with Gasteiger partial charge in [0.2, 0.25) is 17.6 Å². The van der Waals surface area contributed by atoms with Crippen LogP contribution in [0.1, 0.15) is 0 Å². The third kappa shape index (κ3) is 3.41. The van der Waals surface area contributed by atoms with E-state index in [9.17, 15) is 14.3 Å². The van der Waals surface area contributed by atoms with Crippen LogP contribution in [0.15, 0.2) is 0 Å². The lowest BCUT2D eigenvalue weighted by Gasteiger charge is -2.30. The standard InChI is InChI=1S/C13H21N7O3S/c1-14-11-10(20(21)22)12(18-6-8-24(23)9-7-18)17-13(16-11)19-4-2-15-3-5-19/h15H,2-9H2,1H3,(H,14,16,17). The van der Waals surface area contributed by atoms with Crippen molar-refractivity contribution >= 4 is 34.1 Å². The fourth-order valence-corrected chi connectivity index (χ4v) is 3.90. The number of hydrogen-bond donors (Lipinski definition) is 2. The molecule has 2 aliphatic heterocycles. The van der Waals surface area contributed by atoms with Crippen LogP contribution < -0.4 is 20.4 Å². The molecule has 2 N–H and O–H groups in total. The van der Waals surface area contributed by atoms with Crippen molar-refractivity contribution in [3.63, 3.8) is 0 Å². The van der Waals surface area contributed by atoms with Gasteiger partial charge in [0, 0.05) is 68.6 Å². The highest BCUT2D eigenvalue weighted by Gasteiger charge is 2.31. The Morgan fingerprint density at radius 3 is 2.42 bits per heavy atom. The number of nitrogens with one attached hydrogen (secondary N) is 2. The van der Waals surface area contributed by atoms with Gasteiger partial charge < -0.3 is 20.4 Å². The summed E-state index contributed by atoms with van der Waals surface area (Å²) in [6.45, 7) is 4.15. The van der Waals surface area contributed by atoms with E-state index < -0.39 is 15.7 Å². The monoisotopic (exact) mass is 355 g/mol. The van der Waals surface area contributed by atoms with Gasteiger partial charge in [-0.1, -0.05) is 0 Å². The van der Waals surface area contributed by atoms with Crippen molar-refractivity contribution in [1.29, 1.82) is 0 Å². The van der Waals surface area contributed by atoms with E-state index in [0.717, 1.165) is 26.2 Å². The zero-order valence-electron chi connectivity index (χ0n) is 13.5. The summed E-state index contributed by atoms with van der Waals surface area (Å²) in [5, 5.41) is 17.7. The zero-order valence-corrected chi connectivity index (χ0v) is 14.3. The molecule has 3 heterocycles. The Bertz CT molecular complexity index is 641. The average molecular weight is 355 g/mol. The SMILES string of the molecule is CNc1nc(N2CCNCC2)nc(N2CCS(=O)CC2)c1[N+](=O)[O-]. The molecule has 0 atom stereocenters. The van der Waals surface area contributed by atoms with Crippen molar-refractivity contribution in [3.05, 3.63) is 10.1 Å². The van der Waals surface area contributed by atoms with E-state index in [1.807, 2.05) is 9.80 Å². The normalized spacial score (nSPS) is 19.4. The predicted molar refractivity (Wildman–Crippen MR) is 93.4 cm³/mol. The summed E-state index contributed by atoms with van der Waals surface area (Å²) in [5.41, 5.74) is -0.121. The fraction of sp³-hybridized carbons (Fsp3) is 0.692. The van der Waals surface area contributed by atoms with Gasteiger partial charge in [-0.15, -0.1) is 0 Å². The topological polar surface area (TPSA) is 117 Å². The number of anilines is 3. The molecule has 0 spiro atoms. The first-order valence-corrected chi connectivity index (χ1v) is 9.38. The van der Waals surface area contributed by atoms with Crippen LogP contribution in [0.3, 0.4) is 0 Å². The van der Waals surface area contributed by atoms with E-state index >= 15 is 0 Å². The Hall–Kier alpha value is -2.01. The minimum atomic E-state index is -0.858. The lowest BCUT2D eigenvalue weighted by atomic mass is 10.3.